The zero-order chi connectivity index (χ0) is 18.9. The predicted molar refractivity (Wildman–Crippen MR) is 122 cm³/mol. The van der Waals surface area contributed by atoms with E-state index < -0.39 is 7.92 Å². The Morgan fingerprint density at radius 1 is 0.593 bits per heavy atom. The quantitative estimate of drug-likeness (QED) is 0.395. The maximum absolute atomic E-state index is 2.39. The average Bonchev–Trinajstić information content (AvgIpc) is 2.73. The summed E-state index contributed by atoms with van der Waals surface area (Å²) in [5, 5.41) is 4.46. The number of unbranched alkanes of at least 4 members (excludes halogenated alkanes) is 2. The van der Waals surface area contributed by atoms with E-state index in [1.54, 1.807) is 16.4 Å². The summed E-state index contributed by atoms with van der Waals surface area (Å²) in [5.41, 5.74) is 3.19. The Bertz CT molecular complexity index is 769. The smallest absolute Gasteiger partial charge is 0.0116 e. The van der Waals surface area contributed by atoms with Crippen LogP contribution in [0.5, 0.6) is 0 Å². The monoisotopic (exact) mass is 374 g/mol. The van der Waals surface area contributed by atoms with E-state index in [0.717, 1.165) is 0 Å². The van der Waals surface area contributed by atoms with Crippen LogP contribution >= 0.6 is 7.92 Å². The minimum Gasteiger partial charge on any atom is -0.0654 e. The Kier molecular flexibility index (Phi) is 7.66. The van der Waals surface area contributed by atoms with Crippen molar-refractivity contribution < 1.29 is 0 Å². The van der Waals surface area contributed by atoms with E-state index in [1.165, 1.54) is 49.1 Å². The Balaban J connectivity index is 2.13. The number of rotatable bonds is 9. The van der Waals surface area contributed by atoms with Crippen LogP contribution in [0.1, 0.15) is 50.7 Å². The minimum atomic E-state index is -0.515. The third-order valence-corrected chi connectivity index (χ3v) is 7.63. The summed E-state index contributed by atoms with van der Waals surface area (Å²) in [5.74, 6) is 0. The summed E-state index contributed by atoms with van der Waals surface area (Å²) in [6.45, 7) is 4.59. The Morgan fingerprint density at radius 2 is 1.15 bits per heavy atom. The van der Waals surface area contributed by atoms with E-state index in [1.807, 2.05) is 0 Å². The fraction of sp³-hybridized carbons (Fsp3) is 0.308. The largest absolute Gasteiger partial charge is 0.0654 e. The molecule has 0 aliphatic heterocycles. The predicted octanol–water partition coefficient (Wildman–Crippen LogP) is 6.13. The molecule has 3 aromatic carbocycles. The van der Waals surface area contributed by atoms with E-state index >= 15 is 0 Å². The highest BCUT2D eigenvalue weighted by Crippen LogP contribution is 2.35. The van der Waals surface area contributed by atoms with Gasteiger partial charge in [0.05, 0.1) is 0 Å². The molecule has 0 atom stereocenters. The maximum atomic E-state index is 2.39. The van der Waals surface area contributed by atoms with E-state index in [-0.39, 0.29) is 0 Å². The van der Waals surface area contributed by atoms with Crippen LogP contribution in [0.4, 0.5) is 0 Å². The van der Waals surface area contributed by atoms with Gasteiger partial charge in [-0.3, -0.25) is 0 Å². The molecule has 3 rings (SSSR count). The second-order valence-corrected chi connectivity index (χ2v) is 9.31. The molecule has 0 amide bonds. The molecule has 140 valence electrons. The lowest BCUT2D eigenvalue weighted by Crippen LogP contribution is -2.24. The van der Waals surface area contributed by atoms with Gasteiger partial charge in [-0.1, -0.05) is 106 Å². The van der Waals surface area contributed by atoms with Crippen LogP contribution in [-0.2, 0) is 12.8 Å². The van der Waals surface area contributed by atoms with Crippen molar-refractivity contribution in [1.29, 1.82) is 0 Å². The first kappa shape index (κ1) is 19.8. The molecular weight excluding hydrogens is 343 g/mol. The highest BCUT2D eigenvalue weighted by atomic mass is 31.1. The van der Waals surface area contributed by atoms with Crippen LogP contribution in [0.2, 0.25) is 0 Å². The van der Waals surface area contributed by atoms with Crippen LogP contribution in [0.3, 0.4) is 0 Å². The molecule has 0 heterocycles. The number of benzene rings is 3. The molecule has 0 bridgehead atoms. The molecule has 0 spiro atoms. The molecule has 3 aromatic rings. The van der Waals surface area contributed by atoms with Gasteiger partial charge in [0, 0.05) is 0 Å². The molecule has 0 saturated carbocycles. The summed E-state index contributed by atoms with van der Waals surface area (Å²) in [6.07, 6.45) is 7.44. The molecule has 1 heteroatoms. The van der Waals surface area contributed by atoms with Crippen molar-refractivity contribution >= 4 is 23.8 Å². The summed E-state index contributed by atoms with van der Waals surface area (Å²) < 4.78 is 0. The Hall–Kier alpha value is -1.91. The molecule has 27 heavy (non-hydrogen) atoms. The van der Waals surface area contributed by atoms with Gasteiger partial charge < -0.3 is 0 Å². The number of hydrogen-bond donors (Lipinski definition) is 0. The van der Waals surface area contributed by atoms with Crippen molar-refractivity contribution in [3.63, 3.8) is 0 Å². The first-order valence-electron chi connectivity index (χ1n) is 10.4. The highest BCUT2D eigenvalue weighted by Gasteiger charge is 2.20. The normalized spacial score (nSPS) is 11.1. The third-order valence-electron chi connectivity index (χ3n) is 5.10. The molecule has 0 nitrogen and oxygen atoms in total. The fourth-order valence-electron chi connectivity index (χ4n) is 3.66. The van der Waals surface area contributed by atoms with Gasteiger partial charge >= 0.3 is 0 Å². The van der Waals surface area contributed by atoms with E-state index in [9.17, 15) is 0 Å². The van der Waals surface area contributed by atoms with Crippen molar-refractivity contribution in [2.24, 2.45) is 0 Å². The second-order valence-electron chi connectivity index (χ2n) is 7.13. The van der Waals surface area contributed by atoms with E-state index in [2.05, 4.69) is 92.7 Å². The first-order valence-corrected chi connectivity index (χ1v) is 11.7. The molecule has 0 unspecified atom stereocenters. The third kappa shape index (κ3) is 5.08. The van der Waals surface area contributed by atoms with Gasteiger partial charge in [0.25, 0.3) is 0 Å². The van der Waals surface area contributed by atoms with Crippen molar-refractivity contribution in [2.75, 3.05) is 0 Å². The van der Waals surface area contributed by atoms with Crippen molar-refractivity contribution in [2.45, 2.75) is 52.4 Å². The van der Waals surface area contributed by atoms with E-state index in [4.69, 9.17) is 0 Å². The van der Waals surface area contributed by atoms with Crippen molar-refractivity contribution in [1.82, 2.24) is 0 Å². The van der Waals surface area contributed by atoms with Gasteiger partial charge in [-0.05, 0) is 60.6 Å². The van der Waals surface area contributed by atoms with Crippen LogP contribution in [-0.4, -0.2) is 0 Å². The average molecular weight is 375 g/mol. The van der Waals surface area contributed by atoms with Gasteiger partial charge in [0.15, 0.2) is 0 Å². The molecule has 0 aliphatic carbocycles. The fourth-order valence-corrected chi connectivity index (χ4v) is 6.21. The molecule has 0 aliphatic rings. The molecule has 0 aromatic heterocycles. The summed E-state index contributed by atoms with van der Waals surface area (Å²) in [6, 6.07) is 29.2. The van der Waals surface area contributed by atoms with E-state index in [0.29, 0.717) is 0 Å². The maximum Gasteiger partial charge on any atom is -0.0116 e. The zero-order valence-electron chi connectivity index (χ0n) is 16.7. The Morgan fingerprint density at radius 3 is 1.70 bits per heavy atom. The molecule has 0 N–H and O–H groups in total. The van der Waals surface area contributed by atoms with Gasteiger partial charge in [0.1, 0.15) is 0 Å². The second kappa shape index (κ2) is 10.4. The Labute approximate surface area is 166 Å². The lowest BCUT2D eigenvalue weighted by molar-refractivity contribution is 0.761. The SMILES string of the molecule is CCCCc1cccc(P(c2ccccc2)c2ccccc2)c1CCCC. The van der Waals surface area contributed by atoms with Crippen LogP contribution in [0, 0.1) is 0 Å². The van der Waals surface area contributed by atoms with Crippen LogP contribution in [0.25, 0.3) is 0 Å². The number of hydrogen-bond acceptors (Lipinski definition) is 0. The first-order chi connectivity index (χ1) is 13.3. The van der Waals surface area contributed by atoms with Crippen LogP contribution < -0.4 is 15.9 Å². The molecular formula is C26H31P. The highest BCUT2D eigenvalue weighted by molar-refractivity contribution is 7.79. The van der Waals surface area contributed by atoms with Crippen molar-refractivity contribution in [3.8, 4) is 0 Å². The van der Waals surface area contributed by atoms with Gasteiger partial charge in [0.2, 0.25) is 0 Å². The summed E-state index contributed by atoms with van der Waals surface area (Å²) in [4.78, 5) is 0. The minimum absolute atomic E-state index is 0.515. The van der Waals surface area contributed by atoms with Crippen molar-refractivity contribution in [3.05, 3.63) is 90.0 Å². The van der Waals surface area contributed by atoms with Crippen LogP contribution in [0.15, 0.2) is 78.9 Å². The lowest BCUT2D eigenvalue weighted by atomic mass is 9.98. The molecule has 0 fully saturated rings. The number of aryl methyl sites for hydroxylation is 1. The van der Waals surface area contributed by atoms with Gasteiger partial charge in [-0.2, -0.15) is 0 Å². The topological polar surface area (TPSA) is 0 Å². The lowest BCUT2D eigenvalue weighted by Gasteiger charge is -2.24. The summed E-state index contributed by atoms with van der Waals surface area (Å²) in [7, 11) is -0.515. The van der Waals surface area contributed by atoms with Gasteiger partial charge in [-0.15, -0.1) is 0 Å². The molecule has 0 saturated heterocycles. The summed E-state index contributed by atoms with van der Waals surface area (Å²) >= 11 is 0. The van der Waals surface area contributed by atoms with Gasteiger partial charge in [-0.25, -0.2) is 0 Å². The zero-order valence-corrected chi connectivity index (χ0v) is 17.6. The standard InChI is InChI=1S/C26H31P/c1-3-5-14-22-15-13-21-26(25(22)20-6-4-2)27(23-16-9-7-10-17-23)24-18-11-8-12-19-24/h7-13,15-19,21H,3-6,14,20H2,1-2H3. The molecule has 0 radical (unpaired) electrons.